The fraction of sp³-hybridized carbons (Fsp3) is 0.231. The molecule has 92 valence electrons. The summed E-state index contributed by atoms with van der Waals surface area (Å²) in [4.78, 5) is 13.8. The highest BCUT2D eigenvalue weighted by atomic mass is 79.9. The van der Waals surface area contributed by atoms with Crippen LogP contribution in [0.5, 0.6) is 0 Å². The summed E-state index contributed by atoms with van der Waals surface area (Å²) >= 11 is 0. The predicted octanol–water partition coefficient (Wildman–Crippen LogP) is 3.38. The number of halogens is 1. The molecule has 0 N–H and O–H groups in total. The first-order valence-electron chi connectivity index (χ1n) is 5.16. The van der Waals surface area contributed by atoms with Crippen LogP contribution in [0.25, 0.3) is 10.8 Å². The zero-order valence-electron chi connectivity index (χ0n) is 9.92. The van der Waals surface area contributed by atoms with E-state index in [2.05, 4.69) is 21.9 Å². The second-order valence-electron chi connectivity index (χ2n) is 3.15. The Morgan fingerprint density at radius 3 is 2.35 bits per heavy atom. The van der Waals surface area contributed by atoms with Crippen molar-refractivity contribution in [3.63, 3.8) is 0 Å². The van der Waals surface area contributed by atoms with Gasteiger partial charge in [-0.1, -0.05) is 24.3 Å². The normalized spacial score (nSPS) is 8.59. The Kier molecular flexibility index (Phi) is 7.97. The van der Waals surface area contributed by atoms with Crippen molar-refractivity contribution in [3.05, 3.63) is 42.7 Å². The molecule has 2 aromatic rings. The molecule has 2 rings (SSSR count). The summed E-state index contributed by atoms with van der Waals surface area (Å²) in [6.45, 7) is 3.65. The average molecular weight is 298 g/mol. The van der Waals surface area contributed by atoms with E-state index >= 15 is 0 Å². The molecule has 17 heavy (non-hydrogen) atoms. The van der Waals surface area contributed by atoms with Gasteiger partial charge in [-0.25, -0.2) is 0 Å². The zero-order valence-corrected chi connectivity index (χ0v) is 11.6. The van der Waals surface area contributed by atoms with Crippen molar-refractivity contribution in [2.24, 2.45) is 0 Å². The van der Waals surface area contributed by atoms with E-state index in [1.54, 1.807) is 6.92 Å². The maximum atomic E-state index is 9.82. The summed E-state index contributed by atoms with van der Waals surface area (Å²) in [5.74, 6) is -0.211. The first kappa shape index (κ1) is 15.6. The number of carbonyl (C=O) groups is 1. The third-order valence-corrected chi connectivity index (χ3v) is 1.90. The van der Waals surface area contributed by atoms with E-state index in [0.717, 1.165) is 0 Å². The van der Waals surface area contributed by atoms with Crippen LogP contribution >= 0.6 is 17.0 Å². The summed E-state index contributed by atoms with van der Waals surface area (Å²) in [6.07, 6.45) is 3.68. The third kappa shape index (κ3) is 6.02. The first-order valence-corrected chi connectivity index (χ1v) is 5.16. The van der Waals surface area contributed by atoms with Gasteiger partial charge in [0.05, 0.1) is 6.61 Å². The van der Waals surface area contributed by atoms with Gasteiger partial charge in [-0.3, -0.25) is 9.78 Å². The number of nitrogens with zero attached hydrogens (tertiary/aromatic N) is 1. The van der Waals surface area contributed by atoms with Gasteiger partial charge in [0.1, 0.15) is 0 Å². The number of carbonyl (C=O) groups excluding carboxylic acids is 1. The molecule has 0 radical (unpaired) electrons. The van der Waals surface area contributed by atoms with Crippen molar-refractivity contribution in [2.75, 3.05) is 6.61 Å². The number of fused-ring (bicyclic) bond motifs is 1. The Bertz CT molecular complexity index is 394. The molecular formula is C13H16BrNO2. The summed E-state index contributed by atoms with van der Waals surface area (Å²) in [5, 5.41) is 2.45. The highest BCUT2D eigenvalue weighted by molar-refractivity contribution is 8.93. The fourth-order valence-corrected chi connectivity index (χ4v) is 1.23. The molecule has 0 spiro atoms. The highest BCUT2D eigenvalue weighted by Gasteiger charge is 1.86. The van der Waals surface area contributed by atoms with Crippen LogP contribution in [0.15, 0.2) is 42.7 Å². The molecule has 0 aliphatic carbocycles. The van der Waals surface area contributed by atoms with Gasteiger partial charge in [0.25, 0.3) is 0 Å². The second-order valence-corrected chi connectivity index (χ2v) is 3.15. The molecular weight excluding hydrogens is 282 g/mol. The van der Waals surface area contributed by atoms with E-state index < -0.39 is 0 Å². The van der Waals surface area contributed by atoms with Gasteiger partial charge in [-0.2, -0.15) is 0 Å². The number of rotatable bonds is 1. The first-order chi connectivity index (χ1) is 7.74. The monoisotopic (exact) mass is 297 g/mol. The summed E-state index contributed by atoms with van der Waals surface area (Å²) in [7, 11) is 0. The molecule has 0 bridgehead atoms. The van der Waals surface area contributed by atoms with E-state index in [-0.39, 0.29) is 23.0 Å². The van der Waals surface area contributed by atoms with E-state index in [4.69, 9.17) is 0 Å². The molecule has 1 heterocycles. The number of esters is 1. The van der Waals surface area contributed by atoms with Gasteiger partial charge in [-0.05, 0) is 23.8 Å². The molecule has 0 aliphatic rings. The number of hydrogen-bond acceptors (Lipinski definition) is 3. The molecule has 0 amide bonds. The standard InChI is InChI=1S/C9H7N.C4H8O2.BrH/c1-2-4-9-7-10-6-5-8(9)3-1;1-3-6-4(2)5;/h1-7H;3H2,1-2H3;1H. The van der Waals surface area contributed by atoms with Gasteiger partial charge >= 0.3 is 5.97 Å². The summed E-state index contributed by atoms with van der Waals surface area (Å²) in [5.41, 5.74) is 0. The molecule has 1 aromatic heterocycles. The van der Waals surface area contributed by atoms with Gasteiger partial charge in [0, 0.05) is 19.3 Å². The van der Waals surface area contributed by atoms with Crippen LogP contribution in [0.3, 0.4) is 0 Å². The number of pyridine rings is 1. The summed E-state index contributed by atoms with van der Waals surface area (Å²) in [6, 6.07) is 10.2. The molecule has 3 nitrogen and oxygen atoms in total. The molecule has 0 fully saturated rings. The molecule has 0 saturated carbocycles. The molecule has 4 heteroatoms. The largest absolute Gasteiger partial charge is 0.466 e. The Morgan fingerprint density at radius 2 is 1.88 bits per heavy atom. The minimum Gasteiger partial charge on any atom is -0.466 e. The molecule has 0 saturated heterocycles. The highest BCUT2D eigenvalue weighted by Crippen LogP contribution is 2.09. The summed E-state index contributed by atoms with van der Waals surface area (Å²) < 4.78 is 4.40. The van der Waals surface area contributed by atoms with Crippen molar-refractivity contribution < 1.29 is 9.53 Å². The van der Waals surface area contributed by atoms with Gasteiger partial charge in [-0.15, -0.1) is 17.0 Å². The van der Waals surface area contributed by atoms with Crippen LogP contribution in [-0.2, 0) is 9.53 Å². The third-order valence-electron chi connectivity index (χ3n) is 1.90. The van der Waals surface area contributed by atoms with E-state index in [0.29, 0.717) is 6.61 Å². The molecule has 1 aromatic carbocycles. The number of benzene rings is 1. The van der Waals surface area contributed by atoms with Gasteiger partial charge in [0.15, 0.2) is 0 Å². The molecule has 0 atom stereocenters. The lowest BCUT2D eigenvalue weighted by Crippen LogP contribution is -1.95. The topological polar surface area (TPSA) is 39.2 Å². The van der Waals surface area contributed by atoms with Crippen LogP contribution in [0.1, 0.15) is 13.8 Å². The quantitative estimate of drug-likeness (QED) is 0.758. The minimum atomic E-state index is -0.211. The average Bonchev–Trinajstić information content (AvgIpc) is 2.30. The van der Waals surface area contributed by atoms with Crippen molar-refractivity contribution in [1.29, 1.82) is 0 Å². The number of ether oxygens (including phenoxy) is 1. The van der Waals surface area contributed by atoms with Crippen molar-refractivity contribution in [2.45, 2.75) is 13.8 Å². The Morgan fingerprint density at radius 1 is 1.24 bits per heavy atom. The zero-order chi connectivity index (χ0) is 11.8. The lowest BCUT2D eigenvalue weighted by Gasteiger charge is -1.91. The smallest absolute Gasteiger partial charge is 0.302 e. The Balaban J connectivity index is 0.000000324. The van der Waals surface area contributed by atoms with Gasteiger partial charge < -0.3 is 4.74 Å². The SMILES string of the molecule is Br.CCOC(C)=O.c1ccc2cnccc2c1. The second kappa shape index (κ2) is 8.70. The van der Waals surface area contributed by atoms with Crippen molar-refractivity contribution >= 4 is 33.7 Å². The number of aromatic nitrogens is 1. The van der Waals surface area contributed by atoms with E-state index in [1.165, 1.54) is 17.7 Å². The van der Waals surface area contributed by atoms with E-state index in [1.807, 2.05) is 30.6 Å². The maximum Gasteiger partial charge on any atom is 0.302 e. The van der Waals surface area contributed by atoms with Crippen LogP contribution in [0.2, 0.25) is 0 Å². The van der Waals surface area contributed by atoms with E-state index in [9.17, 15) is 4.79 Å². The fourth-order valence-electron chi connectivity index (χ4n) is 1.23. The predicted molar refractivity (Wildman–Crippen MR) is 74.4 cm³/mol. The maximum absolute atomic E-state index is 9.82. The lowest BCUT2D eigenvalue weighted by molar-refractivity contribution is -0.140. The van der Waals surface area contributed by atoms with Crippen LogP contribution < -0.4 is 0 Å². The Hall–Kier alpha value is -1.42. The van der Waals surface area contributed by atoms with Crippen LogP contribution in [-0.4, -0.2) is 17.6 Å². The van der Waals surface area contributed by atoms with Crippen molar-refractivity contribution in [1.82, 2.24) is 4.98 Å². The van der Waals surface area contributed by atoms with Crippen LogP contribution in [0, 0.1) is 0 Å². The number of hydrogen-bond donors (Lipinski definition) is 0. The molecule has 0 aliphatic heterocycles. The van der Waals surface area contributed by atoms with Crippen molar-refractivity contribution in [3.8, 4) is 0 Å². The molecule has 0 unspecified atom stereocenters. The van der Waals surface area contributed by atoms with Crippen LogP contribution in [0.4, 0.5) is 0 Å². The minimum absolute atomic E-state index is 0. The Labute approximate surface area is 112 Å². The van der Waals surface area contributed by atoms with Gasteiger partial charge in [0.2, 0.25) is 0 Å². The lowest BCUT2D eigenvalue weighted by atomic mass is 10.2.